The highest BCUT2D eigenvalue weighted by Gasteiger charge is 2.64. The molecule has 8 nitrogen and oxygen atoms in total. The zero-order chi connectivity index (χ0) is 18.4. The van der Waals surface area contributed by atoms with Gasteiger partial charge < -0.3 is 9.47 Å². The van der Waals surface area contributed by atoms with Gasteiger partial charge in [-0.1, -0.05) is 13.6 Å². The molecule has 0 saturated carbocycles. The van der Waals surface area contributed by atoms with Gasteiger partial charge in [-0.15, -0.1) is 0 Å². The zero-order valence-corrected chi connectivity index (χ0v) is 16.0. The molecule has 2 aliphatic rings. The lowest BCUT2D eigenvalue weighted by atomic mass is 9.52. The standard InChI is InChI=1S/C13H18B2N2O6P2/c1-7-4-17(12(19)16-10(7)18)11-8-9(15(3)25-21)13(23-11,6-22-8)5-14(2)24-20/h4,8-9,11H,5-6H2,1-3H3,(H,16,18,19)/t8-,9+,11+,13+/m1/s1. The topological polar surface area (TPSA) is 107 Å². The van der Waals surface area contributed by atoms with Crippen LogP contribution in [0.4, 0.5) is 0 Å². The summed E-state index contributed by atoms with van der Waals surface area (Å²) in [4.78, 5) is 26.1. The Bertz CT molecular complexity index is 816. The molecule has 2 aliphatic heterocycles. The number of aryl methyl sites for hydroxylation is 1. The fourth-order valence-electron chi connectivity index (χ4n) is 3.97. The second kappa shape index (κ2) is 6.92. The lowest BCUT2D eigenvalue weighted by Gasteiger charge is -2.33. The number of aromatic nitrogens is 2. The Morgan fingerprint density at radius 2 is 2.08 bits per heavy atom. The van der Waals surface area contributed by atoms with E-state index < -0.39 is 29.2 Å². The Labute approximate surface area is 148 Å². The van der Waals surface area contributed by atoms with Crippen molar-refractivity contribution in [3.05, 3.63) is 32.6 Å². The molecule has 2 bridgehead atoms. The van der Waals surface area contributed by atoms with Gasteiger partial charge in [-0.25, -0.2) is 4.79 Å². The molecule has 2 saturated heterocycles. The van der Waals surface area contributed by atoms with E-state index in [9.17, 15) is 18.7 Å². The molecule has 0 amide bonds. The predicted molar refractivity (Wildman–Crippen MR) is 95.7 cm³/mol. The minimum atomic E-state index is -0.757. The second-order valence-electron chi connectivity index (χ2n) is 6.86. The molecule has 3 rings (SSSR count). The van der Waals surface area contributed by atoms with E-state index in [4.69, 9.17) is 9.47 Å². The molecule has 1 aromatic heterocycles. The van der Waals surface area contributed by atoms with Crippen LogP contribution in [-0.4, -0.2) is 40.7 Å². The molecular formula is C13H18B2N2O6P2. The van der Waals surface area contributed by atoms with Gasteiger partial charge in [0.05, 0.1) is 28.9 Å². The highest BCUT2D eigenvalue weighted by atomic mass is 31.1. The SMILES string of the molecule is CB(C[C@@]12CO[C@@H]([C@@H](n3cc(C)c(=O)[nH]c3=O)O1)[C@@H]2B(C)P=O)P=O. The monoisotopic (exact) mass is 382 g/mol. The third-order valence-electron chi connectivity index (χ3n) is 5.04. The Morgan fingerprint density at radius 1 is 1.36 bits per heavy atom. The quantitative estimate of drug-likeness (QED) is 0.593. The Hall–Kier alpha value is -1.07. The van der Waals surface area contributed by atoms with E-state index in [1.54, 1.807) is 6.92 Å². The van der Waals surface area contributed by atoms with Crippen LogP contribution in [0.3, 0.4) is 0 Å². The van der Waals surface area contributed by atoms with Gasteiger partial charge in [0.15, 0.2) is 6.23 Å². The van der Waals surface area contributed by atoms with Crippen LogP contribution in [0.1, 0.15) is 11.8 Å². The van der Waals surface area contributed by atoms with E-state index in [1.165, 1.54) is 10.8 Å². The number of ether oxygens (including phenoxy) is 2. The third-order valence-corrected chi connectivity index (χ3v) is 6.24. The van der Waals surface area contributed by atoms with Gasteiger partial charge in [-0.3, -0.25) is 23.5 Å². The van der Waals surface area contributed by atoms with Gasteiger partial charge in [0.1, 0.15) is 6.10 Å². The van der Waals surface area contributed by atoms with Crippen molar-refractivity contribution < 1.29 is 18.6 Å². The first-order chi connectivity index (χ1) is 11.8. The molecule has 0 unspecified atom stereocenters. The summed E-state index contributed by atoms with van der Waals surface area (Å²) in [5.41, 5.74) is -1.39. The van der Waals surface area contributed by atoms with Crippen molar-refractivity contribution in [1.82, 2.24) is 9.55 Å². The normalized spacial score (nSPS) is 30.9. The summed E-state index contributed by atoms with van der Waals surface area (Å²) in [6.45, 7) is 5.57. The molecule has 2 fully saturated rings. The van der Waals surface area contributed by atoms with E-state index in [-0.39, 0.29) is 35.4 Å². The van der Waals surface area contributed by atoms with Gasteiger partial charge in [0, 0.05) is 17.6 Å². The van der Waals surface area contributed by atoms with Crippen LogP contribution in [0.2, 0.25) is 25.8 Å². The van der Waals surface area contributed by atoms with Crippen LogP contribution in [0.5, 0.6) is 0 Å². The Balaban J connectivity index is 2.04. The van der Waals surface area contributed by atoms with Crippen LogP contribution in [0.15, 0.2) is 15.8 Å². The fourth-order valence-corrected chi connectivity index (χ4v) is 4.92. The molecule has 0 spiro atoms. The highest BCUT2D eigenvalue weighted by Crippen LogP contribution is 2.57. The van der Waals surface area contributed by atoms with Crippen molar-refractivity contribution in [2.24, 2.45) is 0 Å². The van der Waals surface area contributed by atoms with Crippen LogP contribution >= 0.6 is 16.7 Å². The molecule has 1 aromatic rings. The average Bonchev–Trinajstić information content (AvgIpc) is 3.09. The van der Waals surface area contributed by atoms with E-state index in [0.717, 1.165) is 0 Å². The lowest BCUT2D eigenvalue weighted by Crippen LogP contribution is -2.42. The Morgan fingerprint density at radius 3 is 2.72 bits per heavy atom. The summed E-state index contributed by atoms with van der Waals surface area (Å²) in [5, 5.41) is 0. The summed E-state index contributed by atoms with van der Waals surface area (Å²) < 4.78 is 36.2. The minimum Gasteiger partial charge on any atom is -0.371 e. The van der Waals surface area contributed by atoms with Gasteiger partial charge in [-0.05, 0) is 13.2 Å². The molecule has 4 atom stereocenters. The van der Waals surface area contributed by atoms with Crippen molar-refractivity contribution >= 4 is 29.5 Å². The summed E-state index contributed by atoms with van der Waals surface area (Å²) in [5.74, 6) is -0.208. The third kappa shape index (κ3) is 3.10. The number of hydrogen-bond donors (Lipinski definition) is 1. The van der Waals surface area contributed by atoms with E-state index in [0.29, 0.717) is 18.5 Å². The van der Waals surface area contributed by atoms with Crippen LogP contribution in [-0.2, 0) is 18.6 Å². The van der Waals surface area contributed by atoms with Gasteiger partial charge >= 0.3 is 5.69 Å². The maximum absolute atomic E-state index is 12.2. The summed E-state index contributed by atoms with van der Waals surface area (Å²) in [7, 11) is -0.0313. The second-order valence-corrected chi connectivity index (χ2v) is 8.98. The van der Waals surface area contributed by atoms with Gasteiger partial charge in [-0.2, -0.15) is 0 Å². The minimum absolute atomic E-state index is 0.00153. The molecule has 3 heterocycles. The number of nitrogens with zero attached hydrogens (tertiary/aromatic N) is 1. The predicted octanol–water partition coefficient (Wildman–Crippen LogP) is 1.71. The smallest absolute Gasteiger partial charge is 0.330 e. The average molecular weight is 382 g/mol. The van der Waals surface area contributed by atoms with E-state index in [2.05, 4.69) is 4.98 Å². The number of hydrogen-bond acceptors (Lipinski definition) is 6. The summed E-state index contributed by atoms with van der Waals surface area (Å²) in [6, 6.07) is 0. The molecule has 1 N–H and O–H groups in total. The van der Waals surface area contributed by atoms with Gasteiger partial charge in [0.2, 0.25) is 0 Å². The molecule has 0 radical (unpaired) electrons. The number of rotatable bonds is 6. The van der Waals surface area contributed by atoms with Crippen molar-refractivity contribution in [1.29, 1.82) is 0 Å². The Kier molecular flexibility index (Phi) is 5.18. The molecular weight excluding hydrogens is 364 g/mol. The molecule has 132 valence electrons. The maximum atomic E-state index is 12.2. The molecule has 0 aliphatic carbocycles. The first-order valence-electron chi connectivity index (χ1n) is 8.09. The van der Waals surface area contributed by atoms with Crippen LogP contribution in [0, 0.1) is 6.92 Å². The number of aromatic amines is 1. The first-order valence-corrected chi connectivity index (χ1v) is 9.85. The van der Waals surface area contributed by atoms with Crippen molar-refractivity contribution in [2.45, 2.75) is 50.6 Å². The van der Waals surface area contributed by atoms with Crippen LogP contribution < -0.4 is 11.2 Å². The van der Waals surface area contributed by atoms with Gasteiger partial charge in [0.25, 0.3) is 18.4 Å². The van der Waals surface area contributed by atoms with Crippen LogP contribution in [0.25, 0.3) is 0 Å². The molecule has 25 heavy (non-hydrogen) atoms. The molecule has 12 heteroatoms. The first kappa shape index (κ1) is 18.7. The number of nitrogens with one attached hydrogen (secondary N) is 1. The maximum Gasteiger partial charge on any atom is 0.330 e. The molecule has 0 aromatic carbocycles. The highest BCUT2D eigenvalue weighted by molar-refractivity contribution is 7.67. The fraction of sp³-hybridized carbons (Fsp3) is 0.692. The largest absolute Gasteiger partial charge is 0.371 e. The number of H-pyrrole nitrogens is 1. The zero-order valence-electron chi connectivity index (χ0n) is 14.2. The van der Waals surface area contributed by atoms with Crippen molar-refractivity contribution in [3.63, 3.8) is 0 Å². The summed E-state index contributed by atoms with van der Waals surface area (Å²) >= 11 is 0. The lowest BCUT2D eigenvalue weighted by molar-refractivity contribution is -0.166. The van der Waals surface area contributed by atoms with Crippen molar-refractivity contribution in [2.75, 3.05) is 6.61 Å². The van der Waals surface area contributed by atoms with Crippen molar-refractivity contribution in [3.8, 4) is 0 Å². The van der Waals surface area contributed by atoms with E-state index >= 15 is 0 Å². The number of fused-ring (bicyclic) bond motifs is 2. The summed E-state index contributed by atoms with van der Waals surface area (Å²) in [6.07, 6.45) is 0.333. The van der Waals surface area contributed by atoms with E-state index in [1.807, 2.05) is 13.6 Å².